The van der Waals surface area contributed by atoms with Crippen LogP contribution in [0.15, 0.2) is 18.2 Å². The number of nitrogens with zero attached hydrogens (tertiary/aromatic N) is 1. The molecule has 62 valence electrons. The second-order valence-electron chi connectivity index (χ2n) is 3.02. The summed E-state index contributed by atoms with van der Waals surface area (Å²) in [7, 11) is 0. The summed E-state index contributed by atoms with van der Waals surface area (Å²) in [5, 5.41) is 9.15. The van der Waals surface area contributed by atoms with E-state index in [-0.39, 0.29) is 5.75 Å². The Kier molecular flexibility index (Phi) is 1.57. The molecule has 0 radical (unpaired) electrons. The van der Waals surface area contributed by atoms with Crippen molar-refractivity contribution in [2.24, 2.45) is 0 Å². The molecular formula is C9H10NO2+. The summed E-state index contributed by atoms with van der Waals surface area (Å²) in [6, 6.07) is 4.89. The van der Waals surface area contributed by atoms with Crippen LogP contribution in [0.3, 0.4) is 0 Å². The van der Waals surface area contributed by atoms with Crippen LogP contribution in [0.4, 0.5) is 5.69 Å². The van der Waals surface area contributed by atoms with Crippen LogP contribution >= 0.6 is 0 Å². The molecule has 1 N–H and O–H groups in total. The fourth-order valence-electron chi connectivity index (χ4n) is 1.55. The lowest BCUT2D eigenvalue weighted by Crippen LogP contribution is -2.12. The van der Waals surface area contributed by atoms with Gasteiger partial charge in [0.05, 0.1) is 0 Å². The molecule has 0 atom stereocenters. The number of fused-ring (bicyclic) bond motifs is 1. The van der Waals surface area contributed by atoms with E-state index in [0.29, 0.717) is 12.2 Å². The highest BCUT2D eigenvalue weighted by Gasteiger charge is 2.23. The van der Waals surface area contributed by atoms with Crippen LogP contribution in [0, 0.1) is 4.91 Å². The third-order valence-electron chi connectivity index (χ3n) is 2.14. The summed E-state index contributed by atoms with van der Waals surface area (Å²) in [5.74, 6) is 0.240. The number of aryl methyl sites for hydroxylation is 1. The standard InChI is InChI=1S/C9H9NO2/c11-8-3-4-9-7(6-8)2-1-5-10(9)12/h3-4,6H,1-2,5H2/p+1. The van der Waals surface area contributed by atoms with Crippen LogP contribution in [0.5, 0.6) is 5.75 Å². The molecule has 0 amide bonds. The van der Waals surface area contributed by atoms with Gasteiger partial charge in [0, 0.05) is 27.7 Å². The molecule has 0 aliphatic carbocycles. The minimum absolute atomic E-state index is 0.240. The molecule has 0 bridgehead atoms. The quantitative estimate of drug-likeness (QED) is 0.593. The van der Waals surface area contributed by atoms with Crippen LogP contribution in [0.25, 0.3) is 0 Å². The SMILES string of the molecule is O=[N+]1CCCc2cc(O)ccc21. The predicted molar refractivity (Wildman–Crippen MR) is 44.6 cm³/mol. The third kappa shape index (κ3) is 1.07. The van der Waals surface area contributed by atoms with E-state index in [4.69, 9.17) is 5.11 Å². The van der Waals surface area contributed by atoms with Crippen molar-refractivity contribution in [3.05, 3.63) is 28.7 Å². The van der Waals surface area contributed by atoms with Crippen molar-refractivity contribution < 1.29 is 9.87 Å². The van der Waals surface area contributed by atoms with E-state index < -0.39 is 0 Å². The first-order chi connectivity index (χ1) is 5.77. The fourth-order valence-corrected chi connectivity index (χ4v) is 1.55. The van der Waals surface area contributed by atoms with E-state index in [9.17, 15) is 4.91 Å². The van der Waals surface area contributed by atoms with Crippen molar-refractivity contribution in [2.45, 2.75) is 12.8 Å². The largest absolute Gasteiger partial charge is 0.508 e. The summed E-state index contributed by atoms with van der Waals surface area (Å²) in [6.45, 7) is 0.567. The molecule has 1 aliphatic heterocycles. The van der Waals surface area contributed by atoms with Crippen LogP contribution in [0.2, 0.25) is 0 Å². The van der Waals surface area contributed by atoms with Gasteiger partial charge in [-0.1, -0.05) is 0 Å². The highest BCUT2D eigenvalue weighted by molar-refractivity contribution is 5.45. The first kappa shape index (κ1) is 7.28. The molecule has 1 aromatic rings. The van der Waals surface area contributed by atoms with E-state index in [2.05, 4.69) is 0 Å². The topological polar surface area (TPSA) is 40.3 Å². The number of aromatic hydroxyl groups is 1. The van der Waals surface area contributed by atoms with Crippen molar-refractivity contribution in [1.82, 2.24) is 0 Å². The average molecular weight is 164 g/mol. The lowest BCUT2D eigenvalue weighted by Gasteiger charge is -2.07. The van der Waals surface area contributed by atoms with Gasteiger partial charge in [0.15, 0.2) is 6.54 Å². The first-order valence-corrected chi connectivity index (χ1v) is 4.04. The van der Waals surface area contributed by atoms with Gasteiger partial charge in [0.25, 0.3) is 5.69 Å². The number of phenols is 1. The molecule has 2 rings (SSSR count). The van der Waals surface area contributed by atoms with E-state index in [1.807, 2.05) is 0 Å². The summed E-state index contributed by atoms with van der Waals surface area (Å²) in [4.78, 5) is 11.2. The molecular weight excluding hydrogens is 154 g/mol. The molecule has 12 heavy (non-hydrogen) atoms. The van der Waals surface area contributed by atoms with Gasteiger partial charge in [-0.15, -0.1) is 0 Å². The summed E-state index contributed by atoms with van der Waals surface area (Å²) in [6.07, 6.45) is 1.77. The maximum absolute atomic E-state index is 11.2. The monoisotopic (exact) mass is 164 g/mol. The molecule has 0 saturated carbocycles. The van der Waals surface area contributed by atoms with E-state index in [1.165, 1.54) is 0 Å². The lowest BCUT2D eigenvalue weighted by molar-refractivity contribution is -0.468. The molecule has 0 saturated heterocycles. The summed E-state index contributed by atoms with van der Waals surface area (Å²) >= 11 is 0. The average Bonchev–Trinajstić information content (AvgIpc) is 2.04. The molecule has 0 aromatic heterocycles. The second kappa shape index (κ2) is 2.59. The number of hydrogen-bond donors (Lipinski definition) is 1. The number of nitroso groups, excluding NO2 is 1. The van der Waals surface area contributed by atoms with Gasteiger partial charge in [0.2, 0.25) is 0 Å². The molecule has 0 unspecified atom stereocenters. The molecule has 3 heteroatoms. The lowest BCUT2D eigenvalue weighted by atomic mass is 10.0. The zero-order valence-corrected chi connectivity index (χ0v) is 6.66. The van der Waals surface area contributed by atoms with Crippen molar-refractivity contribution in [3.63, 3.8) is 0 Å². The van der Waals surface area contributed by atoms with Gasteiger partial charge in [-0.25, -0.2) is 0 Å². The van der Waals surface area contributed by atoms with Crippen molar-refractivity contribution in [3.8, 4) is 5.75 Å². The molecule has 0 spiro atoms. The van der Waals surface area contributed by atoms with Gasteiger partial charge >= 0.3 is 0 Å². The third-order valence-corrected chi connectivity index (χ3v) is 2.14. The van der Waals surface area contributed by atoms with Gasteiger partial charge in [-0.3, -0.25) is 0 Å². The Bertz CT molecular complexity index is 333. The van der Waals surface area contributed by atoms with Crippen molar-refractivity contribution in [2.75, 3.05) is 6.54 Å². The molecule has 1 aromatic carbocycles. The van der Waals surface area contributed by atoms with E-state index in [1.54, 1.807) is 18.2 Å². The maximum Gasteiger partial charge on any atom is 0.259 e. The Morgan fingerprint density at radius 3 is 3.08 bits per heavy atom. The summed E-state index contributed by atoms with van der Waals surface area (Å²) < 4.78 is 0.984. The Morgan fingerprint density at radius 1 is 1.42 bits per heavy atom. The van der Waals surface area contributed by atoms with E-state index in [0.717, 1.165) is 23.2 Å². The fraction of sp³-hybridized carbons (Fsp3) is 0.333. The highest BCUT2D eigenvalue weighted by Crippen LogP contribution is 2.27. The zero-order chi connectivity index (χ0) is 8.55. The minimum atomic E-state index is 0.240. The number of benzene rings is 1. The Labute approximate surface area is 70.2 Å². The molecule has 1 heterocycles. The molecule has 1 aliphatic rings. The van der Waals surface area contributed by atoms with Crippen molar-refractivity contribution >= 4 is 5.69 Å². The number of hydrogen-bond acceptors (Lipinski definition) is 2. The van der Waals surface area contributed by atoms with Crippen LogP contribution in [0.1, 0.15) is 12.0 Å². The Balaban J connectivity index is 2.53. The maximum atomic E-state index is 11.2. The predicted octanol–water partition coefficient (Wildman–Crippen LogP) is 1.75. The normalized spacial score (nSPS) is 15.8. The number of rotatable bonds is 0. The minimum Gasteiger partial charge on any atom is -0.508 e. The number of phenolic OH excluding ortho intramolecular Hbond substituents is 1. The van der Waals surface area contributed by atoms with Crippen molar-refractivity contribution in [1.29, 1.82) is 0 Å². The van der Waals surface area contributed by atoms with Crippen LogP contribution < -0.4 is 0 Å². The Hall–Kier alpha value is -1.38. The summed E-state index contributed by atoms with van der Waals surface area (Å²) in [5.41, 5.74) is 1.66. The van der Waals surface area contributed by atoms with Gasteiger partial charge in [-0.05, 0) is 18.6 Å². The first-order valence-electron chi connectivity index (χ1n) is 4.04. The molecule has 0 fully saturated rings. The van der Waals surface area contributed by atoms with Gasteiger partial charge in [-0.2, -0.15) is 0 Å². The molecule has 3 nitrogen and oxygen atoms in total. The smallest absolute Gasteiger partial charge is 0.259 e. The van der Waals surface area contributed by atoms with E-state index >= 15 is 0 Å². The van der Waals surface area contributed by atoms with Crippen LogP contribution in [-0.4, -0.2) is 16.4 Å². The van der Waals surface area contributed by atoms with Gasteiger partial charge in [0.1, 0.15) is 5.75 Å². The second-order valence-corrected chi connectivity index (χ2v) is 3.02. The van der Waals surface area contributed by atoms with Gasteiger partial charge < -0.3 is 5.11 Å². The highest BCUT2D eigenvalue weighted by atomic mass is 16.3. The Morgan fingerprint density at radius 2 is 2.25 bits per heavy atom. The zero-order valence-electron chi connectivity index (χ0n) is 6.66. The van der Waals surface area contributed by atoms with Crippen LogP contribution in [-0.2, 0) is 6.42 Å².